The molecule has 1 aromatic heterocycles. The second-order valence-corrected chi connectivity index (χ2v) is 4.41. The first-order valence-corrected chi connectivity index (χ1v) is 6.26. The summed E-state index contributed by atoms with van der Waals surface area (Å²) in [5.41, 5.74) is 3.45. The van der Waals surface area contributed by atoms with Gasteiger partial charge in [0, 0.05) is 11.0 Å². The van der Waals surface area contributed by atoms with Crippen LogP contribution in [0.4, 0.5) is 11.9 Å². The van der Waals surface area contributed by atoms with Gasteiger partial charge in [0.25, 0.3) is 0 Å². The molecular weight excluding hydrogens is 312 g/mol. The average Bonchev–Trinajstić information content (AvgIpc) is 2.46. The fourth-order valence-electron chi connectivity index (χ4n) is 1.41. The van der Waals surface area contributed by atoms with E-state index in [0.29, 0.717) is 12.5 Å². The predicted molar refractivity (Wildman–Crippen MR) is 75.7 cm³/mol. The van der Waals surface area contributed by atoms with E-state index in [9.17, 15) is 0 Å². The van der Waals surface area contributed by atoms with Crippen LogP contribution in [0.2, 0.25) is 0 Å². The zero-order valence-electron chi connectivity index (χ0n) is 10.2. The Balaban J connectivity index is 2.13. The largest absolute Gasteiger partial charge is 0.467 e. The summed E-state index contributed by atoms with van der Waals surface area (Å²) in [6.07, 6.45) is 0. The Morgan fingerprint density at radius 1 is 1.21 bits per heavy atom. The molecule has 2 aromatic rings. The van der Waals surface area contributed by atoms with Gasteiger partial charge in [-0.1, -0.05) is 34.1 Å². The van der Waals surface area contributed by atoms with Crippen molar-refractivity contribution in [1.29, 1.82) is 0 Å². The van der Waals surface area contributed by atoms with Crippen molar-refractivity contribution in [3.05, 3.63) is 34.3 Å². The van der Waals surface area contributed by atoms with Crippen LogP contribution in [-0.4, -0.2) is 22.1 Å². The van der Waals surface area contributed by atoms with Gasteiger partial charge < -0.3 is 10.1 Å². The number of aromatic nitrogens is 3. The lowest BCUT2D eigenvalue weighted by molar-refractivity contribution is 0.379. The summed E-state index contributed by atoms with van der Waals surface area (Å²) in [6.45, 7) is 0.568. The summed E-state index contributed by atoms with van der Waals surface area (Å²) >= 11 is 3.48. The Morgan fingerprint density at radius 3 is 2.63 bits per heavy atom. The number of ether oxygens (including phenoxy) is 1. The molecule has 4 N–H and O–H groups in total. The number of nitrogens with two attached hydrogens (primary N) is 1. The van der Waals surface area contributed by atoms with E-state index in [-0.39, 0.29) is 12.0 Å². The fourth-order valence-corrected chi connectivity index (χ4v) is 1.83. The first-order valence-electron chi connectivity index (χ1n) is 5.47. The van der Waals surface area contributed by atoms with Crippen LogP contribution in [0, 0.1) is 0 Å². The minimum Gasteiger partial charge on any atom is -0.467 e. The van der Waals surface area contributed by atoms with E-state index in [1.54, 1.807) is 0 Å². The van der Waals surface area contributed by atoms with Gasteiger partial charge in [0.15, 0.2) is 0 Å². The molecule has 0 bridgehead atoms. The first kappa shape index (κ1) is 13.5. The zero-order valence-corrected chi connectivity index (χ0v) is 11.8. The van der Waals surface area contributed by atoms with Gasteiger partial charge in [-0.05, 0) is 11.6 Å². The molecule has 0 saturated carbocycles. The fraction of sp³-hybridized carbons (Fsp3) is 0.182. The minimum absolute atomic E-state index is 0.192. The van der Waals surface area contributed by atoms with Crippen LogP contribution < -0.4 is 21.3 Å². The van der Waals surface area contributed by atoms with Gasteiger partial charge in [-0.25, -0.2) is 5.84 Å². The topological polar surface area (TPSA) is 98.0 Å². The number of methoxy groups -OCH3 is 1. The second-order valence-electron chi connectivity index (χ2n) is 3.56. The van der Waals surface area contributed by atoms with Crippen LogP contribution in [-0.2, 0) is 6.54 Å². The van der Waals surface area contributed by atoms with E-state index in [0.717, 1.165) is 10.0 Å². The molecule has 19 heavy (non-hydrogen) atoms. The lowest BCUT2D eigenvalue weighted by Crippen LogP contribution is -2.14. The van der Waals surface area contributed by atoms with Gasteiger partial charge in [0.2, 0.25) is 11.9 Å². The number of hydrogen-bond donors (Lipinski definition) is 3. The van der Waals surface area contributed by atoms with Gasteiger partial charge in [-0.3, -0.25) is 5.43 Å². The highest BCUT2D eigenvalue weighted by atomic mass is 79.9. The van der Waals surface area contributed by atoms with Crippen molar-refractivity contribution in [2.75, 3.05) is 17.9 Å². The lowest BCUT2D eigenvalue weighted by atomic mass is 10.2. The van der Waals surface area contributed by atoms with Gasteiger partial charge in [0.1, 0.15) is 0 Å². The monoisotopic (exact) mass is 324 g/mol. The molecule has 1 heterocycles. The normalized spacial score (nSPS) is 10.1. The van der Waals surface area contributed by atoms with Gasteiger partial charge >= 0.3 is 6.01 Å². The summed E-state index contributed by atoms with van der Waals surface area (Å²) in [5, 5.41) is 3.08. The highest BCUT2D eigenvalue weighted by molar-refractivity contribution is 9.10. The number of hydrazine groups is 1. The Labute approximate surface area is 118 Å². The van der Waals surface area contributed by atoms with E-state index in [1.165, 1.54) is 7.11 Å². The molecule has 0 aliphatic rings. The smallest absolute Gasteiger partial charge is 0.322 e. The number of benzene rings is 1. The molecule has 0 saturated heterocycles. The summed E-state index contributed by atoms with van der Waals surface area (Å²) < 4.78 is 5.98. The lowest BCUT2D eigenvalue weighted by Gasteiger charge is -2.08. The second kappa shape index (κ2) is 6.30. The van der Waals surface area contributed by atoms with Gasteiger partial charge in [-0.2, -0.15) is 15.0 Å². The molecule has 100 valence electrons. The number of anilines is 2. The third kappa shape index (κ3) is 3.52. The van der Waals surface area contributed by atoms with Crippen LogP contribution in [0.15, 0.2) is 28.7 Å². The Bertz CT molecular complexity index is 542. The molecule has 8 heteroatoms. The van der Waals surface area contributed by atoms with Crippen LogP contribution in [0.25, 0.3) is 0 Å². The van der Waals surface area contributed by atoms with E-state index in [4.69, 9.17) is 10.6 Å². The molecule has 0 aliphatic heterocycles. The number of hydrogen-bond acceptors (Lipinski definition) is 7. The van der Waals surface area contributed by atoms with Crippen molar-refractivity contribution < 1.29 is 4.74 Å². The van der Waals surface area contributed by atoms with E-state index in [2.05, 4.69) is 41.6 Å². The maximum atomic E-state index is 5.28. The number of halogens is 1. The highest BCUT2D eigenvalue weighted by Crippen LogP contribution is 2.17. The number of nitrogen functional groups attached to an aromatic ring is 1. The standard InChI is InChI=1S/C11H13BrN6O/c1-19-11-16-9(15-10(17-11)18-13)14-6-7-4-2-3-5-8(7)12/h2-5H,6,13H2,1H3,(H2,14,15,16,17,18). The number of rotatable bonds is 5. The number of nitrogens with zero attached hydrogens (tertiary/aromatic N) is 3. The van der Waals surface area contributed by atoms with Crippen LogP contribution in [0.1, 0.15) is 5.56 Å². The minimum atomic E-state index is 0.192. The van der Waals surface area contributed by atoms with Crippen molar-refractivity contribution in [3.63, 3.8) is 0 Å². The third-order valence-corrected chi connectivity index (χ3v) is 3.09. The molecule has 0 atom stereocenters. The van der Waals surface area contributed by atoms with Crippen LogP contribution in [0.5, 0.6) is 6.01 Å². The van der Waals surface area contributed by atoms with Crippen molar-refractivity contribution in [2.24, 2.45) is 5.84 Å². The van der Waals surface area contributed by atoms with E-state index in [1.807, 2.05) is 24.3 Å². The molecule has 0 radical (unpaired) electrons. The number of nitrogens with one attached hydrogen (secondary N) is 2. The van der Waals surface area contributed by atoms with Crippen LogP contribution >= 0.6 is 15.9 Å². The van der Waals surface area contributed by atoms with E-state index < -0.39 is 0 Å². The SMILES string of the molecule is COc1nc(NN)nc(NCc2ccccc2Br)n1. The molecule has 0 amide bonds. The quantitative estimate of drug-likeness (QED) is 0.566. The summed E-state index contributed by atoms with van der Waals surface area (Å²) in [4.78, 5) is 12.1. The molecular formula is C11H13BrN6O. The average molecular weight is 325 g/mol. The summed E-state index contributed by atoms with van der Waals surface area (Å²) in [5.74, 6) is 5.90. The van der Waals surface area contributed by atoms with Crippen molar-refractivity contribution in [1.82, 2.24) is 15.0 Å². The maximum absolute atomic E-state index is 5.28. The van der Waals surface area contributed by atoms with Crippen LogP contribution in [0.3, 0.4) is 0 Å². The third-order valence-electron chi connectivity index (χ3n) is 2.32. The van der Waals surface area contributed by atoms with Crippen molar-refractivity contribution in [3.8, 4) is 6.01 Å². The van der Waals surface area contributed by atoms with E-state index >= 15 is 0 Å². The maximum Gasteiger partial charge on any atom is 0.322 e. The van der Waals surface area contributed by atoms with Crippen molar-refractivity contribution >= 4 is 27.8 Å². The Kier molecular flexibility index (Phi) is 4.48. The molecule has 0 fully saturated rings. The molecule has 2 rings (SSSR count). The summed E-state index contributed by atoms with van der Waals surface area (Å²) in [7, 11) is 1.48. The molecule has 0 aliphatic carbocycles. The van der Waals surface area contributed by atoms with Gasteiger partial charge in [-0.15, -0.1) is 0 Å². The molecule has 0 unspecified atom stereocenters. The molecule has 0 spiro atoms. The van der Waals surface area contributed by atoms with Crippen molar-refractivity contribution in [2.45, 2.75) is 6.54 Å². The Morgan fingerprint density at radius 2 is 1.95 bits per heavy atom. The molecule has 7 nitrogen and oxygen atoms in total. The predicted octanol–water partition coefficient (Wildman–Crippen LogP) is 1.54. The summed E-state index contributed by atoms with van der Waals surface area (Å²) in [6, 6.07) is 8.08. The highest BCUT2D eigenvalue weighted by Gasteiger charge is 2.06. The van der Waals surface area contributed by atoms with Gasteiger partial charge in [0.05, 0.1) is 7.11 Å². The Hall–Kier alpha value is -1.93. The first-order chi connectivity index (χ1) is 9.22. The molecule has 1 aromatic carbocycles. The zero-order chi connectivity index (χ0) is 13.7.